The molecule has 5 nitrogen and oxygen atoms in total. The van der Waals surface area contributed by atoms with Crippen LogP contribution in [0.25, 0.3) is 0 Å². The van der Waals surface area contributed by atoms with Crippen LogP contribution < -0.4 is 11.2 Å². The van der Waals surface area contributed by atoms with E-state index in [2.05, 4.69) is 41.2 Å². The summed E-state index contributed by atoms with van der Waals surface area (Å²) < 4.78 is 0. The van der Waals surface area contributed by atoms with Gasteiger partial charge in [0.25, 0.3) is 0 Å². The summed E-state index contributed by atoms with van der Waals surface area (Å²) in [5.74, 6) is 1.44. The van der Waals surface area contributed by atoms with E-state index in [9.17, 15) is 0 Å². The van der Waals surface area contributed by atoms with Crippen molar-refractivity contribution >= 4 is 5.95 Å². The second-order valence-electron chi connectivity index (χ2n) is 5.62. The minimum atomic E-state index is 0.395. The average Bonchev–Trinajstić information content (AvgIpc) is 2.83. The van der Waals surface area contributed by atoms with Crippen molar-refractivity contribution < 1.29 is 0 Å². The number of likely N-dealkylation sites (N-methyl/N-ethyl adjacent to an activating group) is 1. The Bertz CT molecular complexity index is 459. The van der Waals surface area contributed by atoms with Gasteiger partial charge in [0.2, 0.25) is 5.95 Å². The van der Waals surface area contributed by atoms with Crippen LogP contribution >= 0.6 is 0 Å². The highest BCUT2D eigenvalue weighted by atomic mass is 15.6. The van der Waals surface area contributed by atoms with Crippen molar-refractivity contribution in [2.75, 3.05) is 12.3 Å². The second-order valence-corrected chi connectivity index (χ2v) is 5.62. The Labute approximate surface area is 108 Å². The van der Waals surface area contributed by atoms with E-state index in [1.54, 1.807) is 0 Å². The van der Waals surface area contributed by atoms with E-state index in [0.717, 1.165) is 18.7 Å². The minimum absolute atomic E-state index is 0.395. The first-order chi connectivity index (χ1) is 8.61. The van der Waals surface area contributed by atoms with Gasteiger partial charge in [-0.2, -0.15) is 0 Å². The lowest BCUT2D eigenvalue weighted by atomic mass is 9.88. The Morgan fingerprint density at radius 3 is 3.00 bits per heavy atom. The monoisotopic (exact) mass is 247 g/mol. The van der Waals surface area contributed by atoms with Crippen LogP contribution in [0.5, 0.6) is 0 Å². The molecule has 3 rings (SSSR count). The fourth-order valence-electron chi connectivity index (χ4n) is 3.53. The molecule has 5 heteroatoms. The highest BCUT2D eigenvalue weighted by Crippen LogP contribution is 2.42. The molecule has 2 heterocycles. The number of nitrogens with two attached hydrogens (primary N) is 1. The van der Waals surface area contributed by atoms with Gasteiger partial charge >= 0.3 is 0 Å². The van der Waals surface area contributed by atoms with Gasteiger partial charge in [-0.1, -0.05) is 20.8 Å². The third-order valence-electron chi connectivity index (χ3n) is 4.19. The summed E-state index contributed by atoms with van der Waals surface area (Å²) in [5, 5.41) is 2.36. The number of hydrazine groups is 1. The van der Waals surface area contributed by atoms with Gasteiger partial charge in [0.1, 0.15) is 0 Å². The molecular formula is C13H21N5. The molecular weight excluding hydrogens is 226 g/mol. The number of hydrogen-bond donors (Lipinski definition) is 2. The molecule has 0 amide bonds. The normalized spacial score (nSPS) is 30.8. The predicted molar refractivity (Wildman–Crippen MR) is 70.8 cm³/mol. The Balaban J connectivity index is 2.01. The zero-order valence-corrected chi connectivity index (χ0v) is 11.2. The average molecular weight is 247 g/mol. The Morgan fingerprint density at radius 2 is 2.33 bits per heavy atom. The first-order valence-corrected chi connectivity index (χ1v) is 6.76. The van der Waals surface area contributed by atoms with Gasteiger partial charge in [-0.15, -0.1) is 0 Å². The molecule has 0 aromatic carbocycles. The number of aromatic nitrogens is 2. The maximum Gasteiger partial charge on any atom is 0.220 e. The van der Waals surface area contributed by atoms with Gasteiger partial charge < -0.3 is 5.73 Å². The maximum absolute atomic E-state index is 5.75. The van der Waals surface area contributed by atoms with Gasteiger partial charge in [-0.05, 0) is 17.9 Å². The summed E-state index contributed by atoms with van der Waals surface area (Å²) in [6.45, 7) is 7.77. The number of nitrogens with zero attached hydrogens (tertiary/aromatic N) is 3. The summed E-state index contributed by atoms with van der Waals surface area (Å²) in [7, 11) is 0. The molecule has 2 aliphatic rings. The van der Waals surface area contributed by atoms with Crippen molar-refractivity contribution in [2.24, 2.45) is 5.92 Å². The molecule has 3 unspecified atom stereocenters. The van der Waals surface area contributed by atoms with Crippen molar-refractivity contribution in [1.29, 1.82) is 0 Å². The lowest BCUT2D eigenvalue weighted by Gasteiger charge is -2.29. The van der Waals surface area contributed by atoms with Crippen LogP contribution in [-0.2, 0) is 6.42 Å². The summed E-state index contributed by atoms with van der Waals surface area (Å²) in [6.07, 6.45) is 2.91. The first-order valence-electron chi connectivity index (χ1n) is 6.76. The molecule has 1 aliphatic carbocycles. The number of nitrogen functional groups attached to an aromatic ring is 1. The van der Waals surface area contributed by atoms with E-state index in [-0.39, 0.29) is 0 Å². The quantitative estimate of drug-likeness (QED) is 0.814. The lowest BCUT2D eigenvalue weighted by molar-refractivity contribution is 0.148. The zero-order chi connectivity index (χ0) is 12.9. The Kier molecular flexibility index (Phi) is 2.75. The van der Waals surface area contributed by atoms with Crippen molar-refractivity contribution in [3.63, 3.8) is 0 Å². The van der Waals surface area contributed by atoms with E-state index in [1.807, 2.05) is 6.20 Å². The minimum Gasteiger partial charge on any atom is -0.368 e. The van der Waals surface area contributed by atoms with E-state index >= 15 is 0 Å². The van der Waals surface area contributed by atoms with Gasteiger partial charge in [0.05, 0.1) is 5.69 Å². The van der Waals surface area contributed by atoms with Crippen molar-refractivity contribution in [1.82, 2.24) is 20.4 Å². The molecule has 18 heavy (non-hydrogen) atoms. The molecule has 1 aromatic heterocycles. The summed E-state index contributed by atoms with van der Waals surface area (Å²) in [4.78, 5) is 8.61. The van der Waals surface area contributed by atoms with E-state index in [1.165, 1.54) is 5.56 Å². The lowest BCUT2D eigenvalue weighted by Crippen LogP contribution is -2.42. The number of nitrogens with one attached hydrogen (secondary N) is 1. The highest BCUT2D eigenvalue weighted by Gasteiger charge is 2.48. The molecule has 3 atom stereocenters. The van der Waals surface area contributed by atoms with Crippen LogP contribution in [0.4, 0.5) is 5.95 Å². The van der Waals surface area contributed by atoms with Crippen LogP contribution in [0.1, 0.15) is 37.9 Å². The predicted octanol–water partition coefficient (Wildman–Crippen LogP) is 0.932. The van der Waals surface area contributed by atoms with Crippen molar-refractivity contribution in [3.8, 4) is 0 Å². The topological polar surface area (TPSA) is 67.1 Å². The van der Waals surface area contributed by atoms with Crippen molar-refractivity contribution in [3.05, 3.63) is 17.5 Å². The summed E-state index contributed by atoms with van der Waals surface area (Å²) in [6, 6.07) is 0.957. The molecule has 1 fully saturated rings. The second kappa shape index (κ2) is 4.17. The Morgan fingerprint density at radius 1 is 1.56 bits per heavy atom. The summed E-state index contributed by atoms with van der Waals surface area (Å²) >= 11 is 0. The number of rotatable bonds is 2. The first kappa shape index (κ1) is 11.9. The van der Waals surface area contributed by atoms with Gasteiger partial charge in [-0.3, -0.25) is 5.43 Å². The van der Waals surface area contributed by atoms with Crippen LogP contribution in [0.2, 0.25) is 0 Å². The SMILES string of the molecule is CCN1NC2Cc3cnc(N)nc3C2C1C(C)C. The molecule has 0 saturated carbocycles. The largest absolute Gasteiger partial charge is 0.368 e. The molecule has 3 N–H and O–H groups in total. The molecule has 0 radical (unpaired) electrons. The zero-order valence-electron chi connectivity index (χ0n) is 11.2. The maximum atomic E-state index is 5.75. The van der Waals surface area contributed by atoms with Crippen LogP contribution in [0.3, 0.4) is 0 Å². The molecule has 1 saturated heterocycles. The van der Waals surface area contributed by atoms with E-state index in [0.29, 0.717) is 29.9 Å². The fourth-order valence-corrected chi connectivity index (χ4v) is 3.53. The van der Waals surface area contributed by atoms with Crippen LogP contribution in [0.15, 0.2) is 6.20 Å². The smallest absolute Gasteiger partial charge is 0.220 e. The van der Waals surface area contributed by atoms with Crippen molar-refractivity contribution in [2.45, 2.75) is 45.2 Å². The van der Waals surface area contributed by atoms with E-state index in [4.69, 9.17) is 5.73 Å². The van der Waals surface area contributed by atoms with Gasteiger partial charge in [0, 0.05) is 30.7 Å². The third-order valence-corrected chi connectivity index (χ3v) is 4.19. The third kappa shape index (κ3) is 1.61. The highest BCUT2D eigenvalue weighted by molar-refractivity contribution is 5.37. The Hall–Kier alpha value is -1.20. The molecule has 1 aliphatic heterocycles. The summed E-state index contributed by atoms with van der Waals surface area (Å²) in [5.41, 5.74) is 11.8. The standard InChI is InChI=1S/C13H21N5/c1-4-18-12(7(2)3)10-9(17-18)5-8-6-15-13(14)16-11(8)10/h6-7,9-10,12,17H,4-5H2,1-3H3,(H2,14,15,16). The van der Waals surface area contributed by atoms with Gasteiger partial charge in [-0.25, -0.2) is 15.0 Å². The number of fused-ring (bicyclic) bond motifs is 3. The number of anilines is 1. The van der Waals surface area contributed by atoms with Crippen LogP contribution in [-0.4, -0.2) is 33.6 Å². The molecule has 98 valence electrons. The molecule has 1 aromatic rings. The van der Waals surface area contributed by atoms with Crippen LogP contribution in [0, 0.1) is 5.92 Å². The van der Waals surface area contributed by atoms with E-state index < -0.39 is 0 Å². The van der Waals surface area contributed by atoms with Gasteiger partial charge in [0.15, 0.2) is 0 Å². The number of hydrogen-bond acceptors (Lipinski definition) is 5. The molecule has 0 spiro atoms. The fraction of sp³-hybridized carbons (Fsp3) is 0.692. The molecule has 0 bridgehead atoms.